The number of thiol groups is 1. The zero-order valence-corrected chi connectivity index (χ0v) is 13.4. The highest BCUT2D eigenvalue weighted by molar-refractivity contribution is 8.76. The van der Waals surface area contributed by atoms with E-state index in [1.54, 1.807) is 21.6 Å². The molecule has 0 spiro atoms. The summed E-state index contributed by atoms with van der Waals surface area (Å²) in [6, 6.07) is -0.816. The van der Waals surface area contributed by atoms with Crippen LogP contribution in [0.3, 0.4) is 0 Å². The number of hydrogen-bond donors (Lipinski definition) is 5. The van der Waals surface area contributed by atoms with Crippen molar-refractivity contribution in [3.63, 3.8) is 0 Å². The highest BCUT2D eigenvalue weighted by Gasteiger charge is 2.06. The summed E-state index contributed by atoms with van der Waals surface area (Å²) in [5.41, 5.74) is 15.4. The summed E-state index contributed by atoms with van der Waals surface area (Å²) in [7, 11) is 3.58. The summed E-state index contributed by atoms with van der Waals surface area (Å²) < 4.78 is 0. The van der Waals surface area contributed by atoms with Crippen molar-refractivity contribution in [1.82, 2.24) is 0 Å². The van der Waals surface area contributed by atoms with E-state index in [9.17, 15) is 4.79 Å². The Balaban J connectivity index is -0.0000000896. The molecule has 10 heteroatoms. The lowest BCUT2D eigenvalue weighted by atomic mass is 10.4. The maximum absolute atomic E-state index is 9.76. The fourth-order valence-corrected chi connectivity index (χ4v) is 2.16. The van der Waals surface area contributed by atoms with Crippen molar-refractivity contribution >= 4 is 65.0 Å². The summed E-state index contributed by atoms with van der Waals surface area (Å²) >= 11 is 3.65. The highest BCUT2D eigenvalue weighted by Crippen LogP contribution is 2.18. The molecule has 0 aliphatic carbocycles. The van der Waals surface area contributed by atoms with E-state index >= 15 is 0 Å². The molecular weight excluding hydrogens is 325 g/mol. The monoisotopic (exact) mass is 345 g/mol. The first kappa shape index (κ1) is 26.5. The normalized spacial score (nSPS) is 10.1. The van der Waals surface area contributed by atoms with Crippen molar-refractivity contribution in [3.05, 3.63) is 0 Å². The molecule has 0 fully saturated rings. The summed E-state index contributed by atoms with van der Waals surface area (Å²) in [5.74, 6) is 1.25. The minimum atomic E-state index is -1.00. The number of halogens is 2. The van der Waals surface area contributed by atoms with Crippen LogP contribution in [0.15, 0.2) is 0 Å². The van der Waals surface area contributed by atoms with Crippen LogP contribution in [0, 0.1) is 0 Å². The van der Waals surface area contributed by atoms with Gasteiger partial charge in [-0.3, -0.25) is 4.79 Å². The number of nitrogens with two attached hydrogens (primary N) is 3. The van der Waals surface area contributed by atoms with Gasteiger partial charge in [0.2, 0.25) is 0 Å². The van der Waals surface area contributed by atoms with Gasteiger partial charge < -0.3 is 22.3 Å². The summed E-state index contributed by atoms with van der Waals surface area (Å²) in [5, 5.41) is 8.01. The van der Waals surface area contributed by atoms with Gasteiger partial charge in [0, 0.05) is 30.3 Å². The Bertz CT molecular complexity index is 154. The molecule has 0 aliphatic rings. The molecule has 0 radical (unpaired) electrons. The Hall–Kier alpha value is 0.980. The van der Waals surface area contributed by atoms with E-state index in [0.29, 0.717) is 0 Å². The number of hydrogen-bond acceptors (Lipinski definition) is 7. The van der Waals surface area contributed by atoms with E-state index in [1.165, 1.54) is 0 Å². The van der Waals surface area contributed by atoms with E-state index in [0.717, 1.165) is 24.6 Å². The van der Waals surface area contributed by atoms with Gasteiger partial charge in [-0.15, -0.1) is 24.8 Å². The summed E-state index contributed by atoms with van der Waals surface area (Å²) in [6.45, 7) is 1.53. The van der Waals surface area contributed by atoms with Gasteiger partial charge in [0.1, 0.15) is 6.04 Å². The minimum Gasteiger partial charge on any atom is -0.480 e. The topological polar surface area (TPSA) is 115 Å². The van der Waals surface area contributed by atoms with Crippen LogP contribution < -0.4 is 17.2 Å². The van der Waals surface area contributed by atoms with E-state index < -0.39 is 12.0 Å². The van der Waals surface area contributed by atoms with Gasteiger partial charge in [-0.05, 0) is 0 Å². The van der Waals surface area contributed by atoms with Crippen molar-refractivity contribution in [3.8, 4) is 0 Å². The van der Waals surface area contributed by atoms with Crippen LogP contribution in [-0.4, -0.2) is 47.5 Å². The Morgan fingerprint density at radius 1 is 1.18 bits per heavy atom. The smallest absolute Gasteiger partial charge is 0.321 e. The Kier molecular flexibility index (Phi) is 34.6. The Labute approximate surface area is 128 Å². The lowest BCUT2D eigenvalue weighted by Gasteiger charge is -1.96. The molecule has 108 valence electrons. The highest BCUT2D eigenvalue weighted by atomic mass is 35.5. The first-order chi connectivity index (χ1) is 7.09. The molecule has 0 saturated carbocycles. The predicted octanol–water partition coefficient (Wildman–Crippen LogP) is 0.457. The Morgan fingerprint density at radius 2 is 1.53 bits per heavy atom. The van der Waals surface area contributed by atoms with Crippen molar-refractivity contribution in [2.75, 3.05) is 30.3 Å². The van der Waals surface area contributed by atoms with Crippen LogP contribution in [0.2, 0.25) is 0 Å². The maximum Gasteiger partial charge on any atom is 0.321 e. The molecule has 0 saturated heterocycles. The molecule has 0 bridgehead atoms. The van der Waals surface area contributed by atoms with Crippen LogP contribution in [0.1, 0.15) is 0 Å². The molecule has 0 amide bonds. The molecule has 0 rings (SSSR count). The first-order valence-electron chi connectivity index (χ1n) is 4.33. The number of carboxylic acid groups (broad SMARTS) is 1. The van der Waals surface area contributed by atoms with Crippen molar-refractivity contribution in [1.29, 1.82) is 0 Å². The predicted molar refractivity (Wildman–Crippen MR) is 87.0 cm³/mol. The third kappa shape index (κ3) is 26.5. The average molecular weight is 346 g/mol. The largest absolute Gasteiger partial charge is 0.480 e. The van der Waals surface area contributed by atoms with Crippen molar-refractivity contribution in [2.45, 2.75) is 6.04 Å². The van der Waals surface area contributed by atoms with Gasteiger partial charge in [0.25, 0.3) is 0 Å². The zero-order chi connectivity index (χ0) is 12.1. The second-order valence-corrected chi connectivity index (χ2v) is 5.42. The molecule has 0 aliphatic heterocycles. The second kappa shape index (κ2) is 22.2. The number of rotatable bonds is 7. The fourth-order valence-electron chi connectivity index (χ4n) is 0.292. The van der Waals surface area contributed by atoms with Crippen LogP contribution in [0.4, 0.5) is 0 Å². The van der Waals surface area contributed by atoms with E-state index in [4.69, 9.17) is 22.3 Å². The number of aliphatic carboxylic acids is 1. The first-order valence-corrected chi connectivity index (χ1v) is 7.46. The van der Waals surface area contributed by atoms with Crippen molar-refractivity contribution < 1.29 is 9.90 Å². The molecule has 0 aromatic heterocycles. The third-order valence-corrected chi connectivity index (χ3v) is 3.86. The lowest BCUT2D eigenvalue weighted by molar-refractivity contribution is -0.137. The Morgan fingerprint density at radius 3 is 1.65 bits per heavy atom. The average Bonchev–Trinajstić information content (AvgIpc) is 2.24. The van der Waals surface area contributed by atoms with Crippen LogP contribution in [0.5, 0.6) is 0 Å². The van der Waals surface area contributed by atoms with Gasteiger partial charge >= 0.3 is 5.97 Å². The molecule has 0 heterocycles. The summed E-state index contributed by atoms with van der Waals surface area (Å²) in [6.07, 6.45) is 0. The molecule has 0 aromatic carbocycles. The number of carboxylic acids is 1. The third-order valence-electron chi connectivity index (χ3n) is 1.000. The van der Waals surface area contributed by atoms with Gasteiger partial charge in [-0.25, -0.2) is 0 Å². The fraction of sp³-hybridized carbons (Fsp3) is 0.857. The quantitative estimate of drug-likeness (QED) is 0.258. The van der Waals surface area contributed by atoms with Crippen LogP contribution in [0.25, 0.3) is 0 Å². The van der Waals surface area contributed by atoms with Crippen LogP contribution >= 0.6 is 59.0 Å². The molecule has 0 aromatic rings. The van der Waals surface area contributed by atoms with Gasteiger partial charge in [-0.1, -0.05) is 21.6 Å². The van der Waals surface area contributed by atoms with E-state index in [2.05, 4.69) is 12.6 Å². The second-order valence-electron chi connectivity index (χ2n) is 2.35. The van der Waals surface area contributed by atoms with Crippen molar-refractivity contribution in [2.24, 2.45) is 17.2 Å². The van der Waals surface area contributed by atoms with Gasteiger partial charge in [0.05, 0.1) is 0 Å². The molecule has 0 unspecified atom stereocenters. The lowest BCUT2D eigenvalue weighted by Crippen LogP contribution is -2.31. The molecule has 17 heavy (non-hydrogen) atoms. The molecule has 5 nitrogen and oxygen atoms in total. The molecule has 7 N–H and O–H groups in total. The van der Waals surface area contributed by atoms with E-state index in [-0.39, 0.29) is 30.6 Å². The molecule has 1 atom stereocenters. The molecular formula is C7H21Cl2N3O2S3. The van der Waals surface area contributed by atoms with Crippen LogP contribution in [-0.2, 0) is 4.79 Å². The van der Waals surface area contributed by atoms with Gasteiger partial charge in [0.15, 0.2) is 0 Å². The maximum atomic E-state index is 9.76. The zero-order valence-electron chi connectivity index (χ0n) is 9.28. The van der Waals surface area contributed by atoms with E-state index in [1.807, 2.05) is 0 Å². The SMILES string of the molecule is Cl.Cl.NCCSSCCN.N[C@@H](CS)C(=O)O. The van der Waals surface area contributed by atoms with Gasteiger partial charge in [-0.2, -0.15) is 12.6 Å². The minimum absolute atomic E-state index is 0. The summed E-state index contributed by atoms with van der Waals surface area (Å²) in [4.78, 5) is 9.76. The number of carbonyl (C=O) groups is 1. The standard InChI is InChI=1S/C4H12N2S2.C3H7NO2S.2ClH/c5-1-3-7-8-4-2-6;4-2(1-7)3(5)6;;/h1-6H2;2,7H,1,4H2,(H,5,6);2*1H/t;2-;;/m.0../s1.